The van der Waals surface area contributed by atoms with E-state index in [2.05, 4.69) is 15.9 Å². The molecule has 0 aliphatic carbocycles. The number of hydrogen-bond acceptors (Lipinski definition) is 2. The Morgan fingerprint density at radius 3 is 2.22 bits per heavy atom. The van der Waals surface area contributed by atoms with Gasteiger partial charge in [-0.2, -0.15) is 0 Å². The van der Waals surface area contributed by atoms with E-state index in [0.29, 0.717) is 5.33 Å². The molecule has 18 heavy (non-hydrogen) atoms. The molecule has 5 heteroatoms. The Balaban J connectivity index is 2.35. The van der Waals surface area contributed by atoms with Gasteiger partial charge in [0, 0.05) is 5.33 Å². The summed E-state index contributed by atoms with van der Waals surface area (Å²) in [6, 6.07) is 4.68. The molecule has 0 spiro atoms. The van der Waals surface area contributed by atoms with Crippen LogP contribution in [-0.2, 0) is 14.6 Å². The summed E-state index contributed by atoms with van der Waals surface area (Å²) in [5.74, 6) is -0.246. The molecule has 0 N–H and O–H groups in total. The molecule has 1 fully saturated rings. The topological polar surface area (TPSA) is 18.5 Å². The molecule has 2 rings (SSSR count). The fourth-order valence-corrected chi connectivity index (χ4v) is 2.38. The highest BCUT2D eigenvalue weighted by atomic mass is 79.9. The summed E-state index contributed by atoms with van der Waals surface area (Å²) in [5.41, 5.74) is 0.978. The molecule has 0 unspecified atom stereocenters. The van der Waals surface area contributed by atoms with E-state index in [4.69, 9.17) is 9.31 Å². The van der Waals surface area contributed by atoms with Crippen molar-refractivity contribution < 1.29 is 13.7 Å². The zero-order valence-electron chi connectivity index (χ0n) is 11.1. The Morgan fingerprint density at radius 2 is 1.72 bits per heavy atom. The largest absolute Gasteiger partial charge is 0.495 e. The summed E-state index contributed by atoms with van der Waals surface area (Å²) in [4.78, 5) is 0. The van der Waals surface area contributed by atoms with Gasteiger partial charge >= 0.3 is 7.12 Å². The number of benzene rings is 1. The van der Waals surface area contributed by atoms with E-state index in [1.165, 1.54) is 12.1 Å². The second-order valence-corrected chi connectivity index (χ2v) is 6.13. The Morgan fingerprint density at radius 1 is 1.17 bits per heavy atom. The molecule has 1 aliphatic heterocycles. The minimum Gasteiger partial charge on any atom is -0.399 e. The zero-order valence-corrected chi connectivity index (χ0v) is 12.7. The molecular formula is C13H17BBrFO2. The van der Waals surface area contributed by atoms with Gasteiger partial charge in [0.25, 0.3) is 0 Å². The lowest BCUT2D eigenvalue weighted by Gasteiger charge is -2.32. The molecule has 1 aromatic carbocycles. The van der Waals surface area contributed by atoms with E-state index in [0.717, 1.165) is 11.0 Å². The van der Waals surface area contributed by atoms with Crippen molar-refractivity contribution in [1.29, 1.82) is 0 Å². The summed E-state index contributed by atoms with van der Waals surface area (Å²) in [5, 5.41) is 0.574. The molecule has 0 atom stereocenters. The van der Waals surface area contributed by atoms with Gasteiger partial charge in [0.05, 0.1) is 11.2 Å². The molecule has 1 heterocycles. The summed E-state index contributed by atoms with van der Waals surface area (Å²) in [7, 11) is -0.442. The molecule has 1 saturated heterocycles. The van der Waals surface area contributed by atoms with E-state index >= 15 is 0 Å². The summed E-state index contributed by atoms with van der Waals surface area (Å²) in [6.07, 6.45) is 0. The van der Waals surface area contributed by atoms with Crippen LogP contribution in [-0.4, -0.2) is 18.3 Å². The molecule has 0 aromatic heterocycles. The van der Waals surface area contributed by atoms with Crippen LogP contribution in [0.15, 0.2) is 18.2 Å². The van der Waals surface area contributed by atoms with Crippen LogP contribution in [0.25, 0.3) is 0 Å². The number of halogens is 2. The monoisotopic (exact) mass is 314 g/mol. The summed E-state index contributed by atoms with van der Waals surface area (Å²) in [6.45, 7) is 8.02. The first kappa shape index (κ1) is 14.0. The first-order chi connectivity index (χ1) is 8.27. The minimum atomic E-state index is -0.442. The predicted octanol–water partition coefficient (Wildman–Crippen LogP) is 3.02. The Hall–Kier alpha value is -0.385. The molecule has 98 valence electrons. The third-order valence-electron chi connectivity index (χ3n) is 3.76. The van der Waals surface area contributed by atoms with Crippen LogP contribution in [0, 0.1) is 5.82 Å². The molecule has 0 amide bonds. The molecule has 1 aliphatic rings. The lowest BCUT2D eigenvalue weighted by atomic mass is 9.76. The zero-order chi connectivity index (χ0) is 13.6. The van der Waals surface area contributed by atoms with Crippen LogP contribution in [0.4, 0.5) is 4.39 Å². The molecule has 0 bridgehead atoms. The van der Waals surface area contributed by atoms with Crippen LogP contribution in [0.1, 0.15) is 33.3 Å². The third kappa shape index (κ3) is 2.36. The second-order valence-electron chi connectivity index (χ2n) is 5.57. The SMILES string of the molecule is CC1(C)OB(c2ccc(F)cc2CBr)OC1(C)C. The van der Waals surface area contributed by atoms with Gasteiger partial charge in [0.15, 0.2) is 0 Å². The number of hydrogen-bond donors (Lipinski definition) is 0. The number of alkyl halides is 1. The van der Waals surface area contributed by atoms with Gasteiger partial charge in [-0.05, 0) is 50.9 Å². The summed E-state index contributed by atoms with van der Waals surface area (Å²) >= 11 is 3.37. The van der Waals surface area contributed by atoms with Crippen LogP contribution in [0.5, 0.6) is 0 Å². The highest BCUT2D eigenvalue weighted by molar-refractivity contribution is 9.08. The van der Waals surface area contributed by atoms with Crippen molar-refractivity contribution in [3.05, 3.63) is 29.6 Å². The van der Waals surface area contributed by atoms with E-state index in [1.807, 2.05) is 27.7 Å². The van der Waals surface area contributed by atoms with Crippen molar-refractivity contribution in [2.45, 2.75) is 44.2 Å². The molecular weight excluding hydrogens is 298 g/mol. The van der Waals surface area contributed by atoms with Crippen molar-refractivity contribution in [3.63, 3.8) is 0 Å². The van der Waals surface area contributed by atoms with Crippen molar-refractivity contribution >= 4 is 28.5 Å². The molecule has 0 radical (unpaired) electrons. The lowest BCUT2D eigenvalue weighted by Crippen LogP contribution is -2.41. The average molecular weight is 315 g/mol. The maximum absolute atomic E-state index is 13.2. The van der Waals surface area contributed by atoms with Crippen molar-refractivity contribution in [2.75, 3.05) is 0 Å². The Labute approximate surface area is 116 Å². The highest BCUT2D eigenvalue weighted by Crippen LogP contribution is 2.36. The minimum absolute atomic E-state index is 0.246. The van der Waals surface area contributed by atoms with Crippen molar-refractivity contribution in [1.82, 2.24) is 0 Å². The maximum atomic E-state index is 13.2. The van der Waals surface area contributed by atoms with Gasteiger partial charge in [-0.25, -0.2) is 4.39 Å². The third-order valence-corrected chi connectivity index (χ3v) is 4.36. The van der Waals surface area contributed by atoms with Gasteiger partial charge in [-0.15, -0.1) is 0 Å². The van der Waals surface area contributed by atoms with Gasteiger partial charge in [-0.1, -0.05) is 22.0 Å². The molecule has 0 saturated carbocycles. The van der Waals surface area contributed by atoms with Gasteiger partial charge in [-0.3, -0.25) is 0 Å². The maximum Gasteiger partial charge on any atom is 0.495 e. The molecule has 1 aromatic rings. The van der Waals surface area contributed by atoms with Crippen LogP contribution in [0.2, 0.25) is 0 Å². The summed E-state index contributed by atoms with van der Waals surface area (Å²) < 4.78 is 25.2. The van der Waals surface area contributed by atoms with E-state index in [9.17, 15) is 4.39 Å². The normalized spacial score (nSPS) is 21.3. The van der Waals surface area contributed by atoms with Crippen molar-refractivity contribution in [2.24, 2.45) is 0 Å². The number of rotatable bonds is 2. The fourth-order valence-electron chi connectivity index (χ4n) is 1.89. The van der Waals surface area contributed by atoms with Crippen LogP contribution < -0.4 is 5.46 Å². The van der Waals surface area contributed by atoms with Gasteiger partial charge in [0.1, 0.15) is 5.82 Å². The Kier molecular flexibility index (Phi) is 3.60. The standard InChI is InChI=1S/C13H17BBrFO2/c1-12(2)13(3,4)18-14(17-12)11-6-5-10(16)7-9(11)8-15/h5-7H,8H2,1-4H3. The van der Waals surface area contributed by atoms with E-state index in [1.54, 1.807) is 6.07 Å². The average Bonchev–Trinajstić information content (AvgIpc) is 2.47. The van der Waals surface area contributed by atoms with E-state index < -0.39 is 7.12 Å². The van der Waals surface area contributed by atoms with Crippen LogP contribution in [0.3, 0.4) is 0 Å². The quantitative estimate of drug-likeness (QED) is 0.617. The second kappa shape index (κ2) is 4.62. The first-order valence-electron chi connectivity index (χ1n) is 5.97. The van der Waals surface area contributed by atoms with Crippen molar-refractivity contribution in [3.8, 4) is 0 Å². The molecule has 2 nitrogen and oxygen atoms in total. The predicted molar refractivity (Wildman–Crippen MR) is 74.7 cm³/mol. The van der Waals surface area contributed by atoms with Gasteiger partial charge in [0.2, 0.25) is 0 Å². The van der Waals surface area contributed by atoms with Gasteiger partial charge < -0.3 is 9.31 Å². The van der Waals surface area contributed by atoms with Crippen LogP contribution >= 0.6 is 15.9 Å². The lowest BCUT2D eigenvalue weighted by molar-refractivity contribution is 0.00578. The Bertz CT molecular complexity index is 446. The fraction of sp³-hybridized carbons (Fsp3) is 0.538. The first-order valence-corrected chi connectivity index (χ1v) is 7.09. The highest BCUT2D eigenvalue weighted by Gasteiger charge is 2.52. The van der Waals surface area contributed by atoms with E-state index in [-0.39, 0.29) is 17.0 Å². The smallest absolute Gasteiger partial charge is 0.399 e.